The van der Waals surface area contributed by atoms with Gasteiger partial charge in [0.25, 0.3) is 0 Å². The van der Waals surface area contributed by atoms with E-state index in [0.717, 1.165) is 26.2 Å². The van der Waals surface area contributed by atoms with Crippen molar-refractivity contribution in [3.63, 3.8) is 0 Å². The third-order valence-electron chi connectivity index (χ3n) is 0.893. The third-order valence-corrected chi connectivity index (χ3v) is 0.893. The Bertz CT molecular complexity index is 65.4. The van der Waals surface area contributed by atoms with Gasteiger partial charge in [-0.1, -0.05) is 0 Å². The first kappa shape index (κ1) is 29.2. The molecule has 0 bridgehead atoms. The largest absolute Gasteiger partial charge is 2.00 e. The first-order valence-corrected chi connectivity index (χ1v) is 3.04. The molecule has 0 aromatic carbocycles. The SMILES string of the molecule is C1CNCC[N-]1.C[C-]=O.Cl.Cl.Cl.[Ti+2]. The predicted molar refractivity (Wildman–Crippen MR) is 59.1 cm³/mol. The minimum Gasteiger partial charge on any atom is -0.660 e. The average molecular weight is 285 g/mol. The van der Waals surface area contributed by atoms with Crippen molar-refractivity contribution >= 4 is 43.5 Å². The maximum absolute atomic E-state index is 8.68. The van der Waals surface area contributed by atoms with Gasteiger partial charge >= 0.3 is 21.7 Å². The number of nitrogens with zero attached hydrogens (tertiary/aromatic N) is 1. The molecule has 0 spiro atoms. The fraction of sp³-hybridized carbons (Fsp3) is 0.833. The van der Waals surface area contributed by atoms with Gasteiger partial charge in [0.1, 0.15) is 0 Å². The Labute approximate surface area is 113 Å². The molecule has 0 aromatic rings. The molecule has 7 heteroatoms. The molecule has 0 aromatic heterocycles. The number of carbonyl (C=O) groups excluding carboxylic acids is 1. The Balaban J connectivity index is -0.0000000282. The molecule has 1 heterocycles. The van der Waals surface area contributed by atoms with Gasteiger partial charge in [-0.05, 0) is 13.1 Å². The van der Waals surface area contributed by atoms with E-state index in [1.54, 1.807) is 0 Å². The van der Waals surface area contributed by atoms with Crippen LogP contribution in [0.4, 0.5) is 0 Å². The Morgan fingerprint density at radius 2 is 1.46 bits per heavy atom. The zero-order valence-corrected chi connectivity index (χ0v) is 11.4. The van der Waals surface area contributed by atoms with Crippen molar-refractivity contribution in [2.75, 3.05) is 26.2 Å². The van der Waals surface area contributed by atoms with Crippen LogP contribution in [0, 0.1) is 0 Å². The van der Waals surface area contributed by atoms with Gasteiger partial charge in [-0.2, -0.15) is 6.92 Å². The molecule has 0 atom stereocenters. The molecular weight excluding hydrogens is 270 g/mol. The molecule has 1 fully saturated rings. The van der Waals surface area contributed by atoms with Crippen LogP contribution >= 0.6 is 37.2 Å². The molecule has 3 nitrogen and oxygen atoms in total. The number of halogens is 3. The zero-order chi connectivity index (χ0) is 6.95. The molecule has 1 aliphatic heterocycles. The molecule has 13 heavy (non-hydrogen) atoms. The molecule has 1 rings (SSSR count). The van der Waals surface area contributed by atoms with Gasteiger partial charge in [0.05, 0.1) is 0 Å². The van der Waals surface area contributed by atoms with Gasteiger partial charge in [0.15, 0.2) is 0 Å². The smallest absolute Gasteiger partial charge is 0.660 e. The first-order chi connectivity index (χ1) is 4.41. The second-order valence-electron chi connectivity index (χ2n) is 1.62. The summed E-state index contributed by atoms with van der Waals surface area (Å²) >= 11 is 0. The predicted octanol–water partition coefficient (Wildman–Crippen LogP) is 1.34. The second kappa shape index (κ2) is 29.2. The van der Waals surface area contributed by atoms with E-state index in [1.165, 1.54) is 13.2 Å². The average Bonchev–Trinajstić information content (AvgIpc) is 1.93. The number of rotatable bonds is 0. The van der Waals surface area contributed by atoms with Gasteiger partial charge in [0, 0.05) is 0 Å². The molecule has 1 aliphatic rings. The van der Waals surface area contributed by atoms with Crippen molar-refractivity contribution < 1.29 is 26.5 Å². The van der Waals surface area contributed by atoms with Crippen LogP contribution in [0.15, 0.2) is 0 Å². The van der Waals surface area contributed by atoms with Crippen molar-refractivity contribution in [1.29, 1.82) is 0 Å². The quantitative estimate of drug-likeness (QED) is 0.539. The first-order valence-electron chi connectivity index (χ1n) is 3.04. The van der Waals surface area contributed by atoms with Crippen LogP contribution in [0.25, 0.3) is 5.32 Å². The van der Waals surface area contributed by atoms with Crippen LogP contribution in [-0.2, 0) is 26.5 Å². The summed E-state index contributed by atoms with van der Waals surface area (Å²) in [5.74, 6) is 0. The van der Waals surface area contributed by atoms with Crippen molar-refractivity contribution in [2.45, 2.75) is 6.92 Å². The van der Waals surface area contributed by atoms with Crippen molar-refractivity contribution in [1.82, 2.24) is 5.32 Å². The number of hydrogen-bond donors (Lipinski definition) is 1. The van der Waals surface area contributed by atoms with E-state index >= 15 is 0 Å². The van der Waals surface area contributed by atoms with Crippen molar-refractivity contribution in [3.8, 4) is 0 Å². The summed E-state index contributed by atoms with van der Waals surface area (Å²) in [4.78, 5) is 8.68. The minimum absolute atomic E-state index is 0. The van der Waals surface area contributed by atoms with Gasteiger partial charge in [-0.15, -0.1) is 50.3 Å². The standard InChI is InChI=1S/C4H9N2.C2H3O.3ClH.Ti/c1-2-6-4-3-5-1;1-2-3;;;;/h5H,1-4H2;1H3;3*1H;/q2*-1;;;;+2. The molecule has 1 N–H and O–H groups in total. The molecule has 1 saturated heterocycles. The van der Waals surface area contributed by atoms with Crippen LogP contribution in [0.2, 0.25) is 0 Å². The maximum atomic E-state index is 8.68. The molecule has 0 aliphatic carbocycles. The summed E-state index contributed by atoms with van der Waals surface area (Å²) in [7, 11) is 0. The van der Waals surface area contributed by atoms with E-state index in [-0.39, 0.29) is 58.9 Å². The van der Waals surface area contributed by atoms with Gasteiger partial charge in [-0.25, -0.2) is 0 Å². The molecular formula is C6H15Cl3N2OTi. The maximum Gasteiger partial charge on any atom is 2.00 e. The van der Waals surface area contributed by atoms with Gasteiger partial charge < -0.3 is 15.4 Å². The zero-order valence-electron chi connectivity index (χ0n) is 7.41. The van der Waals surface area contributed by atoms with Crippen molar-refractivity contribution in [3.05, 3.63) is 5.32 Å². The number of nitrogens with one attached hydrogen (secondary N) is 1. The van der Waals surface area contributed by atoms with Crippen LogP contribution in [0.1, 0.15) is 6.92 Å². The fourth-order valence-corrected chi connectivity index (χ4v) is 0.553. The van der Waals surface area contributed by atoms with Crippen LogP contribution < -0.4 is 5.32 Å². The minimum atomic E-state index is 0. The van der Waals surface area contributed by atoms with E-state index < -0.39 is 0 Å². The van der Waals surface area contributed by atoms with Crippen LogP contribution in [0.5, 0.6) is 0 Å². The van der Waals surface area contributed by atoms with E-state index in [0.29, 0.717) is 0 Å². The summed E-state index contributed by atoms with van der Waals surface area (Å²) in [5.41, 5.74) is 0. The van der Waals surface area contributed by atoms with Crippen LogP contribution in [0.3, 0.4) is 0 Å². The molecule has 0 amide bonds. The van der Waals surface area contributed by atoms with Gasteiger partial charge in [0.2, 0.25) is 0 Å². The summed E-state index contributed by atoms with van der Waals surface area (Å²) < 4.78 is 0. The molecule has 0 radical (unpaired) electrons. The van der Waals surface area contributed by atoms with E-state index in [9.17, 15) is 0 Å². The number of hydrogen-bond acceptors (Lipinski definition) is 2. The Kier molecular flexibility index (Phi) is 65.7. The number of piperazine rings is 1. The molecule has 0 unspecified atom stereocenters. The van der Waals surface area contributed by atoms with Gasteiger partial charge in [-0.3, -0.25) is 6.29 Å². The van der Waals surface area contributed by atoms with E-state index in [2.05, 4.69) is 10.6 Å². The van der Waals surface area contributed by atoms with E-state index in [4.69, 9.17) is 4.79 Å². The fourth-order valence-electron chi connectivity index (χ4n) is 0.553. The summed E-state index contributed by atoms with van der Waals surface area (Å²) in [6.45, 7) is 5.51. The Morgan fingerprint density at radius 1 is 1.15 bits per heavy atom. The summed E-state index contributed by atoms with van der Waals surface area (Å²) in [5, 5.41) is 7.31. The Morgan fingerprint density at radius 3 is 1.54 bits per heavy atom. The summed E-state index contributed by atoms with van der Waals surface area (Å²) in [6.07, 6.45) is 1.50. The normalized spacial score (nSPS) is 12.1. The summed E-state index contributed by atoms with van der Waals surface area (Å²) in [6, 6.07) is 0. The van der Waals surface area contributed by atoms with E-state index in [1.807, 2.05) is 0 Å². The third kappa shape index (κ3) is 32.0. The van der Waals surface area contributed by atoms with Crippen LogP contribution in [-0.4, -0.2) is 32.5 Å². The monoisotopic (exact) mass is 284 g/mol. The Hall–Kier alpha value is 1.17. The topological polar surface area (TPSA) is 43.2 Å². The van der Waals surface area contributed by atoms with Crippen molar-refractivity contribution in [2.24, 2.45) is 0 Å². The molecule has 80 valence electrons. The molecule has 0 saturated carbocycles. The second-order valence-corrected chi connectivity index (χ2v) is 1.62.